The van der Waals surface area contributed by atoms with Gasteiger partial charge in [0.2, 0.25) is 0 Å². The lowest BCUT2D eigenvalue weighted by atomic mass is 10.0. The summed E-state index contributed by atoms with van der Waals surface area (Å²) in [4.78, 5) is 21.6. The number of hydrogen-bond donors (Lipinski definition) is 0. The van der Waals surface area contributed by atoms with Gasteiger partial charge in [-0.2, -0.15) is 0 Å². The molecule has 4 heterocycles. The predicted octanol–water partition coefficient (Wildman–Crippen LogP) is 5.01. The van der Waals surface area contributed by atoms with E-state index in [-0.39, 0.29) is 42.9 Å². The monoisotopic (exact) mass is 603 g/mol. The van der Waals surface area contributed by atoms with E-state index in [4.69, 9.17) is 18.9 Å². The Balaban J connectivity index is 0.00000194. The van der Waals surface area contributed by atoms with Crippen molar-refractivity contribution in [2.45, 2.75) is 37.9 Å². The molecule has 222 valence electrons. The van der Waals surface area contributed by atoms with Crippen LogP contribution in [0.3, 0.4) is 0 Å². The average molecular weight is 605 g/mol. The Morgan fingerprint density at radius 3 is 2.44 bits per heavy atom. The largest absolute Gasteiger partial charge is 0.490 e. The molecule has 6 rings (SSSR count). The lowest BCUT2D eigenvalue weighted by molar-refractivity contribution is -0.142. The first-order valence-corrected chi connectivity index (χ1v) is 14.2. The molecule has 0 spiro atoms. The van der Waals surface area contributed by atoms with Gasteiger partial charge in [-0.05, 0) is 42.7 Å². The minimum Gasteiger partial charge on any atom is -0.490 e. The lowest BCUT2D eigenvalue weighted by Gasteiger charge is -2.33. The molecule has 3 saturated heterocycles. The molecular formula is C31H39Cl2N3O5. The fourth-order valence-corrected chi connectivity index (χ4v) is 5.67. The molecule has 8 nitrogen and oxygen atoms in total. The summed E-state index contributed by atoms with van der Waals surface area (Å²) in [7, 11) is 0. The average Bonchev–Trinajstić information content (AvgIpc) is 3.54. The van der Waals surface area contributed by atoms with Crippen molar-refractivity contribution >= 4 is 41.6 Å². The number of morpholine rings is 1. The van der Waals surface area contributed by atoms with Gasteiger partial charge in [-0.15, -0.1) is 24.8 Å². The number of carbonyl (C=O) groups excluding carboxylic acids is 1. The highest BCUT2D eigenvalue weighted by atomic mass is 35.5. The van der Waals surface area contributed by atoms with Crippen LogP contribution in [0.2, 0.25) is 0 Å². The number of fused-ring (bicyclic) bond motifs is 1. The Hall–Kier alpha value is -2.62. The van der Waals surface area contributed by atoms with Crippen molar-refractivity contribution in [3.8, 4) is 22.6 Å². The number of aromatic nitrogens is 1. The number of carbonyl (C=O) groups is 1. The molecule has 0 aliphatic carbocycles. The molecule has 3 aromatic rings. The molecule has 0 saturated carbocycles. The summed E-state index contributed by atoms with van der Waals surface area (Å²) in [5.74, 6) is 1.80. The smallest absolute Gasteiger partial charge is 0.251 e. The van der Waals surface area contributed by atoms with E-state index >= 15 is 0 Å². The molecule has 1 amide bonds. The first-order valence-electron chi connectivity index (χ1n) is 14.2. The van der Waals surface area contributed by atoms with E-state index in [1.807, 2.05) is 29.3 Å². The fraction of sp³-hybridized carbons (Fsp3) is 0.484. The molecule has 0 N–H and O–H groups in total. The zero-order valence-electron chi connectivity index (χ0n) is 23.2. The minimum atomic E-state index is -0.242. The van der Waals surface area contributed by atoms with E-state index < -0.39 is 0 Å². The summed E-state index contributed by atoms with van der Waals surface area (Å²) < 4.78 is 23.8. The van der Waals surface area contributed by atoms with Crippen LogP contribution in [0.4, 0.5) is 0 Å². The van der Waals surface area contributed by atoms with Crippen molar-refractivity contribution in [1.29, 1.82) is 0 Å². The second-order valence-corrected chi connectivity index (χ2v) is 10.5. The zero-order valence-corrected chi connectivity index (χ0v) is 24.9. The predicted molar refractivity (Wildman–Crippen MR) is 164 cm³/mol. The van der Waals surface area contributed by atoms with Gasteiger partial charge < -0.3 is 23.8 Å². The summed E-state index contributed by atoms with van der Waals surface area (Å²) in [5.41, 5.74) is 2.96. The number of nitrogens with zero attached hydrogens (tertiary/aromatic N) is 3. The highest BCUT2D eigenvalue weighted by Crippen LogP contribution is 2.37. The maximum atomic E-state index is 12.6. The quantitative estimate of drug-likeness (QED) is 0.358. The molecule has 10 heteroatoms. The third-order valence-corrected chi connectivity index (χ3v) is 7.91. The van der Waals surface area contributed by atoms with Gasteiger partial charge >= 0.3 is 0 Å². The van der Waals surface area contributed by atoms with Gasteiger partial charge in [-0.25, -0.2) is 0 Å². The van der Waals surface area contributed by atoms with Crippen LogP contribution < -0.4 is 9.47 Å². The second kappa shape index (κ2) is 15.0. The maximum Gasteiger partial charge on any atom is 0.251 e. The summed E-state index contributed by atoms with van der Waals surface area (Å²) in [6.45, 7) is 7.03. The van der Waals surface area contributed by atoms with E-state index in [1.54, 1.807) is 0 Å². The minimum absolute atomic E-state index is 0. The zero-order chi connectivity index (χ0) is 26.4. The number of rotatable bonds is 8. The van der Waals surface area contributed by atoms with Gasteiger partial charge in [0.15, 0.2) is 5.75 Å². The molecule has 1 atom stereocenters. The molecule has 3 aliphatic rings. The first-order chi connectivity index (χ1) is 19.2. The highest BCUT2D eigenvalue weighted by Gasteiger charge is 2.31. The third kappa shape index (κ3) is 7.62. The standard InChI is InChI=1S/C31H37N3O5.2ClH/c35-31(28-4-2-19-37-28)34-14-11-26(12-15-34)39-25-8-5-23(6-9-25)27-10-7-24-3-1-13-32-29(24)30(27)38-22-18-33-16-20-36-21-17-33;;/h1,3,5-10,13,26,28H,2,4,11-12,14-22H2;2*1H/t28-;;/m1../s1. The van der Waals surface area contributed by atoms with Gasteiger partial charge in [0, 0.05) is 69.3 Å². The van der Waals surface area contributed by atoms with Crippen LogP contribution in [-0.4, -0.2) is 92.1 Å². The summed E-state index contributed by atoms with van der Waals surface area (Å²) in [5, 5.41) is 1.06. The van der Waals surface area contributed by atoms with Crippen molar-refractivity contribution in [2.75, 3.05) is 59.2 Å². The van der Waals surface area contributed by atoms with E-state index in [1.165, 1.54) is 0 Å². The van der Waals surface area contributed by atoms with Crippen LogP contribution in [0, 0.1) is 0 Å². The molecule has 2 aromatic carbocycles. The number of amides is 1. The molecule has 3 fully saturated rings. The van der Waals surface area contributed by atoms with Gasteiger partial charge in [0.25, 0.3) is 5.91 Å². The summed E-state index contributed by atoms with van der Waals surface area (Å²) in [6, 6.07) is 16.5. The Bertz CT molecular complexity index is 1260. The van der Waals surface area contributed by atoms with Crippen LogP contribution in [-0.2, 0) is 14.3 Å². The molecule has 3 aliphatic heterocycles. The molecule has 0 radical (unpaired) electrons. The number of likely N-dealkylation sites (tertiary alicyclic amines) is 1. The number of pyridine rings is 1. The summed E-state index contributed by atoms with van der Waals surface area (Å²) >= 11 is 0. The topological polar surface area (TPSA) is 73.4 Å². The molecule has 0 unspecified atom stereocenters. The van der Waals surface area contributed by atoms with Gasteiger partial charge in [-0.1, -0.05) is 24.3 Å². The van der Waals surface area contributed by atoms with Crippen molar-refractivity contribution in [1.82, 2.24) is 14.8 Å². The number of ether oxygens (including phenoxy) is 4. The van der Waals surface area contributed by atoms with Crippen LogP contribution in [0.15, 0.2) is 54.7 Å². The Kier molecular flexibility index (Phi) is 11.5. The molecule has 41 heavy (non-hydrogen) atoms. The first kappa shape index (κ1) is 31.3. The number of halogens is 2. The van der Waals surface area contributed by atoms with Crippen molar-refractivity contribution in [3.05, 3.63) is 54.7 Å². The Labute approximate surface area is 254 Å². The second-order valence-electron chi connectivity index (χ2n) is 10.5. The van der Waals surface area contributed by atoms with E-state index in [9.17, 15) is 4.79 Å². The van der Waals surface area contributed by atoms with E-state index in [2.05, 4.69) is 40.2 Å². The summed E-state index contributed by atoms with van der Waals surface area (Å²) in [6.07, 6.45) is 5.16. The third-order valence-electron chi connectivity index (χ3n) is 7.91. The molecular weight excluding hydrogens is 565 g/mol. The van der Waals surface area contributed by atoms with Crippen LogP contribution in [0.1, 0.15) is 25.7 Å². The Morgan fingerprint density at radius 2 is 1.71 bits per heavy atom. The van der Waals surface area contributed by atoms with Crippen molar-refractivity contribution < 1.29 is 23.7 Å². The molecule has 1 aromatic heterocycles. The van der Waals surface area contributed by atoms with Crippen LogP contribution >= 0.6 is 24.8 Å². The van der Waals surface area contributed by atoms with Gasteiger partial charge in [0.1, 0.15) is 30.1 Å². The van der Waals surface area contributed by atoms with E-state index in [0.29, 0.717) is 13.2 Å². The normalized spacial score (nSPS) is 19.8. The number of hydrogen-bond acceptors (Lipinski definition) is 7. The molecule has 0 bridgehead atoms. The number of benzene rings is 2. The fourth-order valence-electron chi connectivity index (χ4n) is 5.67. The van der Waals surface area contributed by atoms with Crippen LogP contribution in [0.5, 0.6) is 11.5 Å². The lowest BCUT2D eigenvalue weighted by Crippen LogP contribution is -2.45. The SMILES string of the molecule is Cl.Cl.O=C([C@H]1CCCO1)N1CCC(Oc2ccc(-c3ccc4cccnc4c3OCCN3CCOCC3)cc2)CC1. The van der Waals surface area contributed by atoms with Gasteiger partial charge in [0.05, 0.1) is 13.2 Å². The maximum absolute atomic E-state index is 12.6. The van der Waals surface area contributed by atoms with Crippen molar-refractivity contribution in [3.63, 3.8) is 0 Å². The Morgan fingerprint density at radius 1 is 0.927 bits per heavy atom. The van der Waals surface area contributed by atoms with Crippen molar-refractivity contribution in [2.24, 2.45) is 0 Å². The van der Waals surface area contributed by atoms with E-state index in [0.717, 1.165) is 105 Å². The highest BCUT2D eigenvalue weighted by molar-refractivity contribution is 5.92. The van der Waals surface area contributed by atoms with Gasteiger partial charge in [-0.3, -0.25) is 14.7 Å². The van der Waals surface area contributed by atoms with Crippen LogP contribution in [0.25, 0.3) is 22.0 Å². The number of piperidine rings is 1.